The SMILES string of the molecule is [O-][P+](=PO)[C@@H](O)[C@H](O)[C@H](O)CO. The van der Waals surface area contributed by atoms with Gasteiger partial charge in [0, 0.05) is 0 Å². The van der Waals surface area contributed by atoms with Crippen molar-refractivity contribution in [3.05, 3.63) is 0 Å². The van der Waals surface area contributed by atoms with Crippen molar-refractivity contribution in [1.82, 2.24) is 0 Å². The van der Waals surface area contributed by atoms with E-state index in [2.05, 4.69) is 0 Å². The quantitative estimate of drug-likeness (QED) is 0.332. The van der Waals surface area contributed by atoms with Crippen LogP contribution in [0.5, 0.6) is 0 Å². The summed E-state index contributed by atoms with van der Waals surface area (Å²) >= 11 is 0. The molecule has 0 spiro atoms. The second kappa shape index (κ2) is 5.91. The van der Waals surface area contributed by atoms with Crippen molar-refractivity contribution < 1.29 is 30.2 Å². The number of aliphatic hydroxyl groups excluding tert-OH is 4. The molecule has 72 valence electrons. The summed E-state index contributed by atoms with van der Waals surface area (Å²) in [7, 11) is -2.95. The summed E-state index contributed by atoms with van der Waals surface area (Å²) in [5.74, 6) is -1.73. The Labute approximate surface area is 71.3 Å². The van der Waals surface area contributed by atoms with E-state index in [1.807, 2.05) is 0 Å². The summed E-state index contributed by atoms with van der Waals surface area (Å²) in [6, 6.07) is 0. The van der Waals surface area contributed by atoms with Gasteiger partial charge >= 0.3 is 0 Å². The summed E-state index contributed by atoms with van der Waals surface area (Å²) in [6.07, 6.45) is -3.26. The molecule has 0 heterocycles. The van der Waals surface area contributed by atoms with Gasteiger partial charge < -0.3 is 30.2 Å². The van der Waals surface area contributed by atoms with Gasteiger partial charge in [0.25, 0.3) is 8.09 Å². The zero-order valence-electron chi connectivity index (χ0n) is 5.98. The minimum Gasteiger partial charge on any atom is -0.624 e. The van der Waals surface area contributed by atoms with Gasteiger partial charge in [-0.05, 0) is 0 Å². The summed E-state index contributed by atoms with van der Waals surface area (Å²) in [5, 5.41) is 34.9. The molecule has 1 unspecified atom stereocenters. The van der Waals surface area contributed by atoms with E-state index < -0.39 is 40.2 Å². The third-order valence-corrected chi connectivity index (χ3v) is 3.37. The summed E-state index contributed by atoms with van der Waals surface area (Å²) in [5.41, 5.74) is 0. The fourth-order valence-corrected chi connectivity index (χ4v) is 1.78. The largest absolute Gasteiger partial charge is 0.624 e. The van der Waals surface area contributed by atoms with E-state index in [4.69, 9.17) is 25.3 Å². The molecule has 0 saturated heterocycles. The highest BCUT2D eigenvalue weighted by atomic mass is 31.8. The zero-order valence-corrected chi connectivity index (χ0v) is 7.77. The molecule has 5 N–H and O–H groups in total. The summed E-state index contributed by atoms with van der Waals surface area (Å²) in [6.45, 7) is -0.746. The first-order valence-corrected chi connectivity index (χ1v) is 5.89. The first-order valence-electron chi connectivity index (χ1n) is 3.01. The van der Waals surface area contributed by atoms with Crippen LogP contribution in [0.1, 0.15) is 0 Å². The molecule has 0 aromatic carbocycles. The van der Waals surface area contributed by atoms with E-state index in [1.54, 1.807) is 0 Å². The van der Waals surface area contributed by atoms with E-state index in [0.717, 1.165) is 0 Å². The molecule has 12 heavy (non-hydrogen) atoms. The van der Waals surface area contributed by atoms with E-state index in [1.165, 1.54) is 0 Å². The molecule has 0 amide bonds. The normalized spacial score (nSPS) is 20.3. The first-order chi connectivity index (χ1) is 5.54. The van der Waals surface area contributed by atoms with Crippen molar-refractivity contribution in [3.8, 4) is 0 Å². The monoisotopic (exact) mass is 216 g/mol. The Hall–Kier alpha value is 0.360. The van der Waals surface area contributed by atoms with E-state index in [0.29, 0.717) is 0 Å². The summed E-state index contributed by atoms with van der Waals surface area (Å²) < 4.78 is 0. The Balaban J connectivity index is 4.18. The Morgan fingerprint density at radius 1 is 1.33 bits per heavy atom. The molecular weight excluding hydrogens is 206 g/mol. The Bertz CT molecular complexity index is 162. The summed E-state index contributed by atoms with van der Waals surface area (Å²) in [4.78, 5) is 18.9. The maximum atomic E-state index is 10.7. The van der Waals surface area contributed by atoms with Gasteiger partial charge in [0.15, 0.2) is 6.10 Å². The first kappa shape index (κ1) is 12.4. The van der Waals surface area contributed by atoms with Crippen molar-refractivity contribution in [2.24, 2.45) is 0 Å². The highest BCUT2D eigenvalue weighted by Gasteiger charge is 2.30. The van der Waals surface area contributed by atoms with Crippen LogP contribution in [0.2, 0.25) is 0 Å². The Morgan fingerprint density at radius 2 is 1.83 bits per heavy atom. The minimum absolute atomic E-state index is 0.550. The van der Waals surface area contributed by atoms with Crippen LogP contribution in [0.25, 0.3) is 0 Å². The van der Waals surface area contributed by atoms with Gasteiger partial charge in [-0.3, -0.25) is 0 Å². The fourth-order valence-electron chi connectivity index (χ4n) is 0.490. The molecule has 0 aliphatic carbocycles. The molecule has 8 heteroatoms. The smallest absolute Gasteiger partial charge is 0.287 e. The molecule has 0 aliphatic rings. The van der Waals surface area contributed by atoms with Crippen LogP contribution in [-0.2, 0) is 0 Å². The van der Waals surface area contributed by atoms with Crippen molar-refractivity contribution in [3.63, 3.8) is 0 Å². The van der Waals surface area contributed by atoms with Crippen LogP contribution in [0, 0.1) is 0 Å². The molecule has 0 saturated carbocycles. The highest BCUT2D eigenvalue weighted by Crippen LogP contribution is 2.31. The van der Waals surface area contributed by atoms with Gasteiger partial charge in [0.05, 0.1) is 6.61 Å². The predicted octanol–water partition coefficient (Wildman–Crippen LogP) is -2.46. The van der Waals surface area contributed by atoms with Crippen molar-refractivity contribution >= 4 is 15.5 Å². The van der Waals surface area contributed by atoms with Crippen molar-refractivity contribution in [2.45, 2.75) is 18.1 Å². The second-order valence-electron chi connectivity index (χ2n) is 2.05. The molecule has 6 nitrogen and oxygen atoms in total. The number of aliphatic hydroxyl groups is 4. The molecule has 4 atom stereocenters. The lowest BCUT2D eigenvalue weighted by Gasteiger charge is -2.17. The molecule has 0 rings (SSSR count). The molecule has 0 aromatic heterocycles. The average molecular weight is 216 g/mol. The van der Waals surface area contributed by atoms with E-state index >= 15 is 0 Å². The van der Waals surface area contributed by atoms with E-state index in [9.17, 15) is 4.89 Å². The maximum absolute atomic E-state index is 10.7. The van der Waals surface area contributed by atoms with Crippen LogP contribution in [0.3, 0.4) is 0 Å². The van der Waals surface area contributed by atoms with Crippen LogP contribution >= 0.6 is 15.5 Å². The Morgan fingerprint density at radius 3 is 2.17 bits per heavy atom. The van der Waals surface area contributed by atoms with Crippen LogP contribution in [-0.4, -0.2) is 50.0 Å². The third kappa shape index (κ3) is 3.39. The predicted molar refractivity (Wildman–Crippen MR) is 41.2 cm³/mol. The molecule has 0 aliphatic heterocycles. The molecule has 0 aromatic rings. The zero-order chi connectivity index (χ0) is 9.72. The highest BCUT2D eigenvalue weighted by molar-refractivity contribution is 7.87. The molecule has 0 fully saturated rings. The molecule has 0 radical (unpaired) electrons. The average Bonchev–Trinajstić information content (AvgIpc) is 2.12. The Kier molecular flexibility index (Phi) is 6.09. The molecular formula is C4H10O6P2. The van der Waals surface area contributed by atoms with Crippen molar-refractivity contribution in [2.75, 3.05) is 6.61 Å². The fraction of sp³-hybridized carbons (Fsp3) is 1.00. The lowest BCUT2D eigenvalue weighted by atomic mass is 10.2. The minimum atomic E-state index is -2.40. The molecule has 0 bridgehead atoms. The van der Waals surface area contributed by atoms with E-state index in [-0.39, 0.29) is 0 Å². The van der Waals surface area contributed by atoms with Gasteiger partial charge in [-0.1, -0.05) is 0 Å². The second-order valence-corrected chi connectivity index (χ2v) is 5.08. The van der Waals surface area contributed by atoms with Crippen LogP contribution in [0.15, 0.2) is 0 Å². The lowest BCUT2D eigenvalue weighted by Crippen LogP contribution is -2.38. The van der Waals surface area contributed by atoms with Gasteiger partial charge in [0.2, 0.25) is 5.85 Å². The lowest BCUT2D eigenvalue weighted by molar-refractivity contribution is -0.166. The third-order valence-electron chi connectivity index (χ3n) is 1.20. The van der Waals surface area contributed by atoms with Crippen molar-refractivity contribution in [1.29, 1.82) is 0 Å². The number of hydrogen-bond acceptors (Lipinski definition) is 5. The number of rotatable bonds is 4. The number of hydrogen-bond donors (Lipinski definition) is 5. The van der Waals surface area contributed by atoms with Crippen LogP contribution < -0.4 is 4.89 Å². The standard InChI is InChI=1S/C4H10O6P2/c5-1-2(6)3(7)4(8)12(10)11-9/h2-9H,1H2/t2-,3-,4-/m1/s1. The van der Waals surface area contributed by atoms with Crippen LogP contribution in [0.4, 0.5) is 0 Å². The van der Waals surface area contributed by atoms with Gasteiger partial charge in [-0.25, -0.2) is 0 Å². The maximum Gasteiger partial charge on any atom is 0.287 e. The van der Waals surface area contributed by atoms with Gasteiger partial charge in [0.1, 0.15) is 13.5 Å². The van der Waals surface area contributed by atoms with Gasteiger partial charge in [-0.15, -0.1) is 0 Å². The topological polar surface area (TPSA) is 124 Å². The van der Waals surface area contributed by atoms with Gasteiger partial charge in [-0.2, -0.15) is 0 Å².